The molecule has 1 aliphatic heterocycles. The van der Waals surface area contributed by atoms with Gasteiger partial charge in [0.2, 0.25) is 0 Å². The van der Waals surface area contributed by atoms with Gasteiger partial charge in [0, 0.05) is 26.2 Å². The van der Waals surface area contributed by atoms with E-state index in [4.69, 9.17) is 4.74 Å². The Kier molecular flexibility index (Phi) is 5.22. The number of hydrogen-bond donors (Lipinski definition) is 1. The van der Waals surface area contributed by atoms with E-state index in [0.29, 0.717) is 6.04 Å². The molecule has 2 unspecified atom stereocenters. The van der Waals surface area contributed by atoms with Crippen LogP contribution in [0.15, 0.2) is 0 Å². The van der Waals surface area contributed by atoms with Crippen molar-refractivity contribution in [3.05, 3.63) is 0 Å². The van der Waals surface area contributed by atoms with Gasteiger partial charge in [0.05, 0.1) is 5.60 Å². The van der Waals surface area contributed by atoms with Crippen molar-refractivity contribution in [3.63, 3.8) is 0 Å². The third kappa shape index (κ3) is 4.81. The summed E-state index contributed by atoms with van der Waals surface area (Å²) < 4.78 is 5.52. The monoisotopic (exact) mass is 228 g/mol. The number of rotatable bonds is 3. The molecule has 1 rings (SSSR count). The first kappa shape index (κ1) is 13.9. The lowest BCUT2D eigenvalue weighted by Gasteiger charge is -2.36. The fourth-order valence-corrected chi connectivity index (χ4v) is 2.22. The smallest absolute Gasteiger partial charge is 0.0749 e. The molecule has 1 heterocycles. The second-order valence-electron chi connectivity index (χ2n) is 5.90. The summed E-state index contributed by atoms with van der Waals surface area (Å²) in [7, 11) is 1.80. The predicted molar refractivity (Wildman–Crippen MR) is 68.8 cm³/mol. The minimum atomic E-state index is -0.0322. The number of nitrogens with zero attached hydrogens (tertiary/aromatic N) is 1. The highest BCUT2D eigenvalue weighted by molar-refractivity contribution is 4.79. The van der Waals surface area contributed by atoms with Crippen LogP contribution < -0.4 is 5.32 Å². The van der Waals surface area contributed by atoms with Crippen molar-refractivity contribution in [1.82, 2.24) is 10.2 Å². The quantitative estimate of drug-likeness (QED) is 0.796. The molecule has 3 nitrogen and oxygen atoms in total. The maximum absolute atomic E-state index is 5.52. The van der Waals surface area contributed by atoms with Crippen LogP contribution in [0.25, 0.3) is 0 Å². The average molecular weight is 228 g/mol. The van der Waals surface area contributed by atoms with Gasteiger partial charge in [0.15, 0.2) is 0 Å². The van der Waals surface area contributed by atoms with Crippen LogP contribution >= 0.6 is 0 Å². The SMILES string of the molecule is COC(C)(C)CN1CCC(C)NCC(C)C1. The van der Waals surface area contributed by atoms with Crippen LogP contribution in [-0.4, -0.2) is 49.8 Å². The molecular formula is C13H28N2O. The zero-order valence-corrected chi connectivity index (χ0v) is 11.5. The van der Waals surface area contributed by atoms with E-state index in [1.165, 1.54) is 19.5 Å². The lowest BCUT2D eigenvalue weighted by atomic mass is 10.0. The Morgan fingerprint density at radius 1 is 1.38 bits per heavy atom. The Morgan fingerprint density at radius 3 is 2.69 bits per heavy atom. The summed E-state index contributed by atoms with van der Waals surface area (Å²) in [5.74, 6) is 0.718. The Labute approximate surface area is 101 Å². The Balaban J connectivity index is 2.50. The summed E-state index contributed by atoms with van der Waals surface area (Å²) in [6.45, 7) is 13.4. The van der Waals surface area contributed by atoms with E-state index in [0.717, 1.165) is 19.0 Å². The van der Waals surface area contributed by atoms with Gasteiger partial charge in [-0.05, 0) is 46.2 Å². The fraction of sp³-hybridized carbons (Fsp3) is 1.00. The summed E-state index contributed by atoms with van der Waals surface area (Å²) >= 11 is 0. The van der Waals surface area contributed by atoms with Crippen LogP contribution in [0.3, 0.4) is 0 Å². The number of methoxy groups -OCH3 is 1. The molecule has 0 saturated carbocycles. The first-order valence-electron chi connectivity index (χ1n) is 6.44. The van der Waals surface area contributed by atoms with E-state index in [1.807, 2.05) is 0 Å². The molecule has 0 aromatic rings. The molecule has 0 spiro atoms. The first-order valence-corrected chi connectivity index (χ1v) is 6.44. The second kappa shape index (κ2) is 5.99. The minimum absolute atomic E-state index is 0.0322. The molecule has 2 atom stereocenters. The third-order valence-electron chi connectivity index (χ3n) is 3.42. The largest absolute Gasteiger partial charge is 0.377 e. The van der Waals surface area contributed by atoms with Gasteiger partial charge in [-0.2, -0.15) is 0 Å². The van der Waals surface area contributed by atoms with E-state index in [1.54, 1.807) is 7.11 Å². The molecule has 1 saturated heterocycles. The van der Waals surface area contributed by atoms with Crippen LogP contribution in [0.5, 0.6) is 0 Å². The van der Waals surface area contributed by atoms with Crippen molar-refractivity contribution in [2.24, 2.45) is 5.92 Å². The maximum atomic E-state index is 5.52. The molecule has 0 aromatic carbocycles. The zero-order chi connectivity index (χ0) is 12.2. The summed E-state index contributed by atoms with van der Waals surface area (Å²) in [6, 6.07) is 0.635. The first-order chi connectivity index (χ1) is 7.43. The summed E-state index contributed by atoms with van der Waals surface area (Å²) in [5.41, 5.74) is -0.0322. The highest BCUT2D eigenvalue weighted by Gasteiger charge is 2.23. The molecule has 1 N–H and O–H groups in total. The van der Waals surface area contributed by atoms with Crippen molar-refractivity contribution in [3.8, 4) is 0 Å². The molecule has 96 valence electrons. The van der Waals surface area contributed by atoms with Crippen LogP contribution in [0, 0.1) is 5.92 Å². The number of ether oxygens (including phenoxy) is 1. The molecule has 0 bridgehead atoms. The van der Waals surface area contributed by atoms with Gasteiger partial charge >= 0.3 is 0 Å². The van der Waals surface area contributed by atoms with Gasteiger partial charge in [-0.1, -0.05) is 6.92 Å². The minimum Gasteiger partial charge on any atom is -0.377 e. The molecule has 0 amide bonds. The van der Waals surface area contributed by atoms with Crippen molar-refractivity contribution in [2.45, 2.75) is 45.8 Å². The van der Waals surface area contributed by atoms with Gasteiger partial charge in [-0.25, -0.2) is 0 Å². The van der Waals surface area contributed by atoms with Gasteiger partial charge in [0.25, 0.3) is 0 Å². The highest BCUT2D eigenvalue weighted by Crippen LogP contribution is 2.14. The fourth-order valence-electron chi connectivity index (χ4n) is 2.22. The normalized spacial score (nSPS) is 29.8. The van der Waals surface area contributed by atoms with E-state index in [2.05, 4.69) is 37.9 Å². The molecule has 16 heavy (non-hydrogen) atoms. The van der Waals surface area contributed by atoms with E-state index < -0.39 is 0 Å². The van der Waals surface area contributed by atoms with Crippen LogP contribution in [0.2, 0.25) is 0 Å². The second-order valence-corrected chi connectivity index (χ2v) is 5.90. The van der Waals surface area contributed by atoms with Crippen molar-refractivity contribution in [2.75, 3.05) is 33.3 Å². The van der Waals surface area contributed by atoms with E-state index in [-0.39, 0.29) is 5.60 Å². The maximum Gasteiger partial charge on any atom is 0.0749 e. The molecular weight excluding hydrogens is 200 g/mol. The molecule has 0 aliphatic carbocycles. The summed E-state index contributed by atoms with van der Waals surface area (Å²) in [6.07, 6.45) is 1.23. The van der Waals surface area contributed by atoms with E-state index >= 15 is 0 Å². The number of nitrogens with one attached hydrogen (secondary N) is 1. The lowest BCUT2D eigenvalue weighted by molar-refractivity contribution is -0.0123. The van der Waals surface area contributed by atoms with Crippen molar-refractivity contribution < 1.29 is 4.74 Å². The molecule has 0 aromatic heterocycles. The van der Waals surface area contributed by atoms with Crippen molar-refractivity contribution >= 4 is 0 Å². The van der Waals surface area contributed by atoms with Gasteiger partial charge in [-0.3, -0.25) is 0 Å². The Morgan fingerprint density at radius 2 is 2.06 bits per heavy atom. The Hall–Kier alpha value is -0.120. The standard InChI is InChI=1S/C13H28N2O/c1-11-8-14-12(2)6-7-15(9-11)10-13(3,4)16-5/h11-12,14H,6-10H2,1-5H3. The molecule has 1 aliphatic rings. The van der Waals surface area contributed by atoms with Gasteiger partial charge in [-0.15, -0.1) is 0 Å². The third-order valence-corrected chi connectivity index (χ3v) is 3.42. The number of hydrogen-bond acceptors (Lipinski definition) is 3. The average Bonchev–Trinajstić information content (AvgIpc) is 2.21. The topological polar surface area (TPSA) is 24.5 Å². The van der Waals surface area contributed by atoms with Crippen LogP contribution in [0.1, 0.15) is 34.1 Å². The van der Waals surface area contributed by atoms with Gasteiger partial charge < -0.3 is 15.0 Å². The summed E-state index contributed by atoms with van der Waals surface area (Å²) in [4.78, 5) is 2.55. The van der Waals surface area contributed by atoms with Crippen LogP contribution in [0.4, 0.5) is 0 Å². The lowest BCUT2D eigenvalue weighted by Crippen LogP contribution is -2.47. The zero-order valence-electron chi connectivity index (χ0n) is 11.5. The molecule has 3 heteroatoms. The van der Waals surface area contributed by atoms with Crippen LogP contribution in [-0.2, 0) is 4.74 Å². The Bertz CT molecular complexity index is 206. The summed E-state index contributed by atoms with van der Waals surface area (Å²) in [5, 5.41) is 3.57. The predicted octanol–water partition coefficient (Wildman–Crippen LogP) is 1.73. The molecule has 1 fully saturated rings. The van der Waals surface area contributed by atoms with Crippen molar-refractivity contribution in [1.29, 1.82) is 0 Å². The highest BCUT2D eigenvalue weighted by atomic mass is 16.5. The molecule has 0 radical (unpaired) electrons. The van der Waals surface area contributed by atoms with E-state index in [9.17, 15) is 0 Å². The van der Waals surface area contributed by atoms with Gasteiger partial charge in [0.1, 0.15) is 0 Å².